The molecule has 0 fully saturated rings. The number of hydrogen-bond acceptors (Lipinski definition) is 7. The van der Waals surface area contributed by atoms with Crippen LogP contribution in [0.5, 0.6) is 5.75 Å². The van der Waals surface area contributed by atoms with Crippen LogP contribution in [0.25, 0.3) is 10.8 Å². The van der Waals surface area contributed by atoms with E-state index >= 15 is 0 Å². The lowest BCUT2D eigenvalue weighted by Crippen LogP contribution is -2.22. The number of aryl methyl sites for hydroxylation is 1. The highest BCUT2D eigenvalue weighted by Gasteiger charge is 2.20. The van der Waals surface area contributed by atoms with Crippen molar-refractivity contribution in [3.63, 3.8) is 0 Å². The van der Waals surface area contributed by atoms with Crippen LogP contribution in [0.4, 0.5) is 5.69 Å². The fraction of sp³-hybridized carbons (Fsp3) is 0.235. The molecule has 0 bridgehead atoms. The second kappa shape index (κ2) is 7.71. The highest BCUT2D eigenvalue weighted by atomic mass is 32.2. The Hall–Kier alpha value is -2.32. The number of thioether (sulfide) groups is 1. The van der Waals surface area contributed by atoms with E-state index in [1.807, 2.05) is 42.6 Å². The number of anilines is 1. The SMILES string of the molecule is COc1ccc(C)cc1NC(=O)C(C)Sc1nnc(-c2cccs2)o1. The zero-order valence-corrected chi connectivity index (χ0v) is 15.6. The Morgan fingerprint density at radius 1 is 1.36 bits per heavy atom. The van der Waals surface area contributed by atoms with Crippen LogP contribution in [-0.2, 0) is 4.79 Å². The molecule has 0 radical (unpaired) electrons. The fourth-order valence-electron chi connectivity index (χ4n) is 2.12. The molecule has 1 unspecified atom stereocenters. The zero-order valence-electron chi connectivity index (χ0n) is 14.0. The summed E-state index contributed by atoms with van der Waals surface area (Å²) in [4.78, 5) is 13.4. The van der Waals surface area contributed by atoms with Gasteiger partial charge in [-0.25, -0.2) is 0 Å². The van der Waals surface area contributed by atoms with Gasteiger partial charge < -0.3 is 14.5 Å². The Kier molecular flexibility index (Phi) is 5.40. The average molecular weight is 375 g/mol. The summed E-state index contributed by atoms with van der Waals surface area (Å²) in [6, 6.07) is 9.45. The molecule has 1 atom stereocenters. The first kappa shape index (κ1) is 17.5. The standard InChI is InChI=1S/C17H17N3O3S2/c1-10-6-7-13(22-3)12(9-10)18-15(21)11(2)25-17-20-19-16(23-17)14-5-4-8-24-14/h4-9,11H,1-3H3,(H,18,21). The first-order valence-corrected chi connectivity index (χ1v) is 9.32. The maximum atomic E-state index is 12.5. The number of nitrogens with one attached hydrogen (secondary N) is 1. The Labute approximate surface area is 153 Å². The van der Waals surface area contributed by atoms with Crippen molar-refractivity contribution in [3.8, 4) is 16.5 Å². The second-order valence-electron chi connectivity index (χ2n) is 5.30. The lowest BCUT2D eigenvalue weighted by Gasteiger charge is -2.13. The van der Waals surface area contributed by atoms with Gasteiger partial charge in [-0.1, -0.05) is 23.9 Å². The van der Waals surface area contributed by atoms with Crippen molar-refractivity contribution in [2.45, 2.75) is 24.3 Å². The average Bonchev–Trinajstić information content (AvgIpc) is 3.26. The van der Waals surface area contributed by atoms with E-state index in [1.165, 1.54) is 23.1 Å². The van der Waals surface area contributed by atoms with Crippen LogP contribution >= 0.6 is 23.1 Å². The summed E-state index contributed by atoms with van der Waals surface area (Å²) in [5.41, 5.74) is 1.68. The monoisotopic (exact) mass is 375 g/mol. The second-order valence-corrected chi connectivity index (χ2v) is 7.54. The van der Waals surface area contributed by atoms with Crippen molar-refractivity contribution >= 4 is 34.7 Å². The zero-order chi connectivity index (χ0) is 17.8. The maximum Gasteiger partial charge on any atom is 0.277 e. The summed E-state index contributed by atoms with van der Waals surface area (Å²) < 4.78 is 10.9. The lowest BCUT2D eigenvalue weighted by atomic mass is 10.2. The van der Waals surface area contributed by atoms with E-state index in [2.05, 4.69) is 15.5 Å². The number of hydrogen-bond donors (Lipinski definition) is 1. The Morgan fingerprint density at radius 3 is 2.92 bits per heavy atom. The van der Waals surface area contributed by atoms with E-state index in [0.29, 0.717) is 22.6 Å². The Bertz CT molecular complexity index is 862. The molecule has 8 heteroatoms. The van der Waals surface area contributed by atoms with Crippen LogP contribution in [0, 0.1) is 6.92 Å². The quantitative estimate of drug-likeness (QED) is 0.650. The van der Waals surface area contributed by atoms with Crippen molar-refractivity contribution in [3.05, 3.63) is 41.3 Å². The van der Waals surface area contributed by atoms with E-state index in [1.54, 1.807) is 14.0 Å². The topological polar surface area (TPSA) is 77.2 Å². The molecule has 25 heavy (non-hydrogen) atoms. The van der Waals surface area contributed by atoms with Crippen LogP contribution < -0.4 is 10.1 Å². The minimum Gasteiger partial charge on any atom is -0.495 e. The molecule has 1 amide bonds. The van der Waals surface area contributed by atoms with Gasteiger partial charge in [-0.05, 0) is 43.0 Å². The molecular weight excluding hydrogens is 358 g/mol. The highest BCUT2D eigenvalue weighted by molar-refractivity contribution is 8.00. The summed E-state index contributed by atoms with van der Waals surface area (Å²) in [5.74, 6) is 0.921. The molecule has 6 nitrogen and oxygen atoms in total. The van der Waals surface area contributed by atoms with Crippen LogP contribution in [0.1, 0.15) is 12.5 Å². The first-order valence-electron chi connectivity index (χ1n) is 7.56. The number of aromatic nitrogens is 2. The first-order chi connectivity index (χ1) is 12.1. The number of amides is 1. The summed E-state index contributed by atoms with van der Waals surface area (Å²) in [7, 11) is 1.57. The minimum absolute atomic E-state index is 0.162. The van der Waals surface area contributed by atoms with E-state index in [4.69, 9.17) is 9.15 Å². The molecule has 130 valence electrons. The molecule has 0 aliphatic rings. The number of carbonyl (C=O) groups is 1. The summed E-state index contributed by atoms with van der Waals surface area (Å²) in [6.45, 7) is 3.75. The third-order valence-corrected chi connectivity index (χ3v) is 5.19. The predicted molar refractivity (Wildman–Crippen MR) is 99.3 cm³/mol. The van der Waals surface area contributed by atoms with Gasteiger partial charge in [0.2, 0.25) is 5.91 Å². The molecule has 1 aromatic carbocycles. The van der Waals surface area contributed by atoms with E-state index in [9.17, 15) is 4.79 Å². The van der Waals surface area contributed by atoms with Gasteiger partial charge in [-0.3, -0.25) is 4.79 Å². The summed E-state index contributed by atoms with van der Waals surface area (Å²) >= 11 is 2.74. The van der Waals surface area contributed by atoms with Crippen molar-refractivity contribution in [2.75, 3.05) is 12.4 Å². The van der Waals surface area contributed by atoms with Crippen molar-refractivity contribution in [1.82, 2.24) is 10.2 Å². The van der Waals surface area contributed by atoms with E-state index < -0.39 is 5.25 Å². The van der Waals surface area contributed by atoms with E-state index in [0.717, 1.165) is 10.4 Å². The van der Waals surface area contributed by atoms with Crippen molar-refractivity contribution in [2.24, 2.45) is 0 Å². The summed E-state index contributed by atoms with van der Waals surface area (Å²) in [6.07, 6.45) is 0. The van der Waals surface area contributed by atoms with Gasteiger partial charge in [0.25, 0.3) is 11.1 Å². The molecule has 0 saturated heterocycles. The largest absolute Gasteiger partial charge is 0.495 e. The molecule has 3 rings (SSSR count). The normalized spacial score (nSPS) is 12.0. The van der Waals surface area contributed by atoms with Gasteiger partial charge in [0.05, 0.1) is 22.9 Å². The molecule has 0 aliphatic heterocycles. The van der Waals surface area contributed by atoms with Crippen molar-refractivity contribution in [1.29, 1.82) is 0 Å². The Morgan fingerprint density at radius 2 is 2.20 bits per heavy atom. The number of nitrogens with zero attached hydrogens (tertiary/aromatic N) is 2. The third kappa shape index (κ3) is 4.21. The number of benzene rings is 1. The molecule has 0 aliphatic carbocycles. The number of carbonyl (C=O) groups excluding carboxylic acids is 1. The van der Waals surface area contributed by atoms with Crippen LogP contribution in [0.2, 0.25) is 0 Å². The lowest BCUT2D eigenvalue weighted by molar-refractivity contribution is -0.115. The highest BCUT2D eigenvalue weighted by Crippen LogP contribution is 2.30. The van der Waals surface area contributed by atoms with Gasteiger partial charge in [0.1, 0.15) is 5.75 Å². The molecule has 2 aromatic heterocycles. The Balaban J connectivity index is 1.66. The third-order valence-electron chi connectivity index (χ3n) is 3.40. The smallest absolute Gasteiger partial charge is 0.277 e. The van der Waals surface area contributed by atoms with Gasteiger partial charge in [-0.15, -0.1) is 21.5 Å². The maximum absolute atomic E-state index is 12.5. The minimum atomic E-state index is -0.401. The number of methoxy groups -OCH3 is 1. The molecule has 0 saturated carbocycles. The van der Waals surface area contributed by atoms with Gasteiger partial charge in [0.15, 0.2) is 0 Å². The van der Waals surface area contributed by atoms with Gasteiger partial charge in [-0.2, -0.15) is 0 Å². The summed E-state index contributed by atoms with van der Waals surface area (Å²) in [5, 5.41) is 12.8. The number of rotatable bonds is 6. The molecule has 1 N–H and O–H groups in total. The fourth-order valence-corrected chi connectivity index (χ4v) is 3.44. The van der Waals surface area contributed by atoms with Crippen molar-refractivity contribution < 1.29 is 13.9 Å². The molecule has 3 aromatic rings. The molecule has 2 heterocycles. The molecule has 0 spiro atoms. The van der Waals surface area contributed by atoms with Crippen LogP contribution in [-0.4, -0.2) is 28.5 Å². The van der Waals surface area contributed by atoms with Crippen LogP contribution in [0.15, 0.2) is 45.4 Å². The van der Waals surface area contributed by atoms with Gasteiger partial charge >= 0.3 is 0 Å². The molecular formula is C17H17N3O3S2. The van der Waals surface area contributed by atoms with Gasteiger partial charge in [0, 0.05) is 0 Å². The number of thiophene rings is 1. The van der Waals surface area contributed by atoms with E-state index in [-0.39, 0.29) is 5.91 Å². The number of ether oxygens (including phenoxy) is 1. The predicted octanol–water partition coefficient (Wildman–Crippen LogP) is 4.23. The van der Waals surface area contributed by atoms with Crippen LogP contribution in [0.3, 0.4) is 0 Å².